The van der Waals surface area contributed by atoms with Crippen molar-refractivity contribution in [1.82, 2.24) is 4.98 Å². The van der Waals surface area contributed by atoms with E-state index in [9.17, 15) is 4.79 Å². The van der Waals surface area contributed by atoms with E-state index in [4.69, 9.17) is 5.11 Å². The highest BCUT2D eigenvalue weighted by Crippen LogP contribution is 2.31. The lowest BCUT2D eigenvalue weighted by Gasteiger charge is -2.31. The molecule has 0 amide bonds. The van der Waals surface area contributed by atoms with Crippen LogP contribution in [0.3, 0.4) is 0 Å². The highest BCUT2D eigenvalue weighted by Gasteiger charge is 2.24. The van der Waals surface area contributed by atoms with E-state index in [0.29, 0.717) is 5.92 Å². The summed E-state index contributed by atoms with van der Waals surface area (Å²) < 4.78 is 0. The van der Waals surface area contributed by atoms with E-state index in [2.05, 4.69) is 23.7 Å². The van der Waals surface area contributed by atoms with E-state index in [-0.39, 0.29) is 12.3 Å². The summed E-state index contributed by atoms with van der Waals surface area (Å²) in [6.07, 6.45) is 4.31. The third kappa shape index (κ3) is 3.22. The molecule has 1 aromatic heterocycles. The monoisotopic (exact) mass is 268 g/mol. The van der Waals surface area contributed by atoms with Crippen LogP contribution in [0.4, 0.5) is 5.13 Å². The van der Waals surface area contributed by atoms with Gasteiger partial charge in [0.2, 0.25) is 0 Å². The average Bonchev–Trinajstić information content (AvgIpc) is 2.77. The molecule has 1 saturated heterocycles. The first-order valence-corrected chi connectivity index (χ1v) is 7.30. The molecule has 0 aliphatic carbocycles. The Balaban J connectivity index is 2.01. The van der Waals surface area contributed by atoms with Crippen molar-refractivity contribution < 1.29 is 9.90 Å². The number of aliphatic carboxylic acids is 1. The molecular weight excluding hydrogens is 248 g/mol. The first-order valence-electron chi connectivity index (χ1n) is 6.48. The van der Waals surface area contributed by atoms with Gasteiger partial charge in [0, 0.05) is 30.6 Å². The fourth-order valence-corrected chi connectivity index (χ4v) is 3.29. The number of thiazole rings is 1. The van der Waals surface area contributed by atoms with Crippen LogP contribution >= 0.6 is 11.3 Å². The lowest BCUT2D eigenvalue weighted by Crippen LogP contribution is -2.36. The van der Waals surface area contributed by atoms with E-state index in [1.54, 1.807) is 11.3 Å². The fraction of sp³-hybridized carbons (Fsp3) is 0.692. The molecule has 1 aliphatic heterocycles. The van der Waals surface area contributed by atoms with Gasteiger partial charge < -0.3 is 10.0 Å². The lowest BCUT2D eigenvalue weighted by molar-refractivity contribution is -0.138. The van der Waals surface area contributed by atoms with Gasteiger partial charge in [0.05, 0.1) is 0 Å². The van der Waals surface area contributed by atoms with E-state index in [1.165, 1.54) is 4.88 Å². The van der Waals surface area contributed by atoms with Gasteiger partial charge in [0.1, 0.15) is 0 Å². The van der Waals surface area contributed by atoms with E-state index < -0.39 is 5.97 Å². The molecule has 100 valence electrons. The molecule has 4 nitrogen and oxygen atoms in total. The summed E-state index contributed by atoms with van der Waals surface area (Å²) in [5.41, 5.74) is 0. The standard InChI is InChI=1S/C13H20N2O2S/c1-9(2)11-7-14-13(18-11)15-5-3-4-10(8-15)6-12(16)17/h7,9-10H,3-6,8H2,1-2H3,(H,16,17). The molecule has 1 aliphatic rings. The molecule has 1 aromatic rings. The van der Waals surface area contributed by atoms with Crippen LogP contribution in [0, 0.1) is 5.92 Å². The molecule has 0 radical (unpaired) electrons. The molecule has 1 atom stereocenters. The van der Waals surface area contributed by atoms with E-state index >= 15 is 0 Å². The van der Waals surface area contributed by atoms with Gasteiger partial charge in [-0.05, 0) is 24.7 Å². The van der Waals surface area contributed by atoms with Crippen molar-refractivity contribution in [2.24, 2.45) is 5.92 Å². The highest BCUT2D eigenvalue weighted by atomic mass is 32.1. The summed E-state index contributed by atoms with van der Waals surface area (Å²) in [4.78, 5) is 18.8. The largest absolute Gasteiger partial charge is 0.481 e. The Morgan fingerprint density at radius 2 is 2.44 bits per heavy atom. The summed E-state index contributed by atoms with van der Waals surface area (Å²) in [6.45, 7) is 6.17. The zero-order valence-corrected chi connectivity index (χ0v) is 11.7. The number of piperidine rings is 1. The number of carboxylic acid groups (broad SMARTS) is 1. The fourth-order valence-electron chi connectivity index (χ4n) is 2.34. The normalized spacial score (nSPS) is 20.4. The molecule has 1 fully saturated rings. The van der Waals surface area contributed by atoms with Crippen molar-refractivity contribution in [2.45, 2.75) is 39.0 Å². The Kier molecular flexibility index (Phi) is 4.22. The topological polar surface area (TPSA) is 53.4 Å². The number of hydrogen-bond donors (Lipinski definition) is 1. The maximum absolute atomic E-state index is 10.8. The summed E-state index contributed by atoms with van der Waals surface area (Å²) in [6, 6.07) is 0. The zero-order chi connectivity index (χ0) is 13.1. The van der Waals surface area contributed by atoms with Gasteiger partial charge in [0.25, 0.3) is 0 Å². The minimum Gasteiger partial charge on any atom is -0.481 e. The molecule has 5 heteroatoms. The molecule has 0 spiro atoms. The average molecular weight is 268 g/mol. The third-order valence-electron chi connectivity index (χ3n) is 3.33. The molecular formula is C13H20N2O2S. The Labute approximate surface area is 112 Å². The Bertz CT molecular complexity index is 417. The van der Waals surface area contributed by atoms with Crippen molar-refractivity contribution in [3.05, 3.63) is 11.1 Å². The van der Waals surface area contributed by atoms with Crippen LogP contribution in [0.2, 0.25) is 0 Å². The Morgan fingerprint density at radius 3 is 3.06 bits per heavy atom. The molecule has 18 heavy (non-hydrogen) atoms. The van der Waals surface area contributed by atoms with Crippen LogP contribution in [-0.2, 0) is 4.79 Å². The number of rotatable bonds is 4. The van der Waals surface area contributed by atoms with E-state index in [1.807, 2.05) is 6.20 Å². The summed E-state index contributed by atoms with van der Waals surface area (Å²) in [5.74, 6) is 0.0855. The lowest BCUT2D eigenvalue weighted by atomic mass is 9.95. The number of carbonyl (C=O) groups is 1. The molecule has 0 aromatic carbocycles. The van der Waals surface area contributed by atoms with Crippen molar-refractivity contribution in [3.63, 3.8) is 0 Å². The van der Waals surface area contributed by atoms with Crippen LogP contribution in [0.5, 0.6) is 0 Å². The van der Waals surface area contributed by atoms with Crippen LogP contribution in [0.15, 0.2) is 6.20 Å². The van der Waals surface area contributed by atoms with Crippen molar-refractivity contribution in [2.75, 3.05) is 18.0 Å². The van der Waals surface area contributed by atoms with Crippen molar-refractivity contribution in [1.29, 1.82) is 0 Å². The number of hydrogen-bond acceptors (Lipinski definition) is 4. The highest BCUT2D eigenvalue weighted by molar-refractivity contribution is 7.15. The predicted molar refractivity (Wildman–Crippen MR) is 73.4 cm³/mol. The maximum Gasteiger partial charge on any atom is 0.303 e. The Morgan fingerprint density at radius 1 is 1.67 bits per heavy atom. The van der Waals surface area contributed by atoms with Gasteiger partial charge in [-0.25, -0.2) is 4.98 Å². The predicted octanol–water partition coefficient (Wildman–Crippen LogP) is 2.96. The first kappa shape index (κ1) is 13.3. The summed E-state index contributed by atoms with van der Waals surface area (Å²) in [5, 5.41) is 9.92. The minimum atomic E-state index is -0.691. The number of aromatic nitrogens is 1. The maximum atomic E-state index is 10.8. The van der Waals surface area contributed by atoms with Crippen molar-refractivity contribution in [3.8, 4) is 0 Å². The molecule has 2 heterocycles. The smallest absolute Gasteiger partial charge is 0.303 e. The molecule has 1 N–H and O–H groups in total. The zero-order valence-electron chi connectivity index (χ0n) is 10.9. The van der Waals surface area contributed by atoms with Gasteiger partial charge in [0.15, 0.2) is 5.13 Å². The van der Waals surface area contributed by atoms with E-state index in [0.717, 1.165) is 31.1 Å². The SMILES string of the molecule is CC(C)c1cnc(N2CCCC(CC(=O)O)C2)s1. The molecule has 0 bridgehead atoms. The van der Waals surface area contributed by atoms with Gasteiger partial charge >= 0.3 is 5.97 Å². The van der Waals surface area contributed by atoms with Crippen molar-refractivity contribution >= 4 is 22.4 Å². The van der Waals surface area contributed by atoms with Crippen LogP contribution in [-0.4, -0.2) is 29.1 Å². The second-order valence-electron chi connectivity index (χ2n) is 5.25. The molecule has 1 unspecified atom stereocenters. The summed E-state index contributed by atoms with van der Waals surface area (Å²) >= 11 is 1.74. The van der Waals surface area contributed by atoms with Gasteiger partial charge in [-0.2, -0.15) is 0 Å². The minimum absolute atomic E-state index is 0.266. The van der Waals surface area contributed by atoms with Crippen LogP contribution in [0.1, 0.15) is 43.9 Å². The first-order chi connectivity index (χ1) is 8.56. The van der Waals surface area contributed by atoms with Crippen LogP contribution < -0.4 is 4.90 Å². The second-order valence-corrected chi connectivity index (χ2v) is 6.29. The number of nitrogens with zero attached hydrogens (tertiary/aromatic N) is 2. The third-order valence-corrected chi connectivity index (χ3v) is 4.69. The number of anilines is 1. The van der Waals surface area contributed by atoms with Crippen LogP contribution in [0.25, 0.3) is 0 Å². The number of carboxylic acids is 1. The van der Waals surface area contributed by atoms with Gasteiger partial charge in [-0.15, -0.1) is 11.3 Å². The van der Waals surface area contributed by atoms with Gasteiger partial charge in [-0.3, -0.25) is 4.79 Å². The van der Waals surface area contributed by atoms with Gasteiger partial charge in [-0.1, -0.05) is 13.8 Å². The molecule has 2 rings (SSSR count). The molecule has 0 saturated carbocycles. The Hall–Kier alpha value is -1.10. The quantitative estimate of drug-likeness (QED) is 0.912. The summed E-state index contributed by atoms with van der Waals surface area (Å²) in [7, 11) is 0. The second kappa shape index (κ2) is 5.69.